The number of ether oxygens (including phenoxy) is 1. The van der Waals surface area contributed by atoms with Crippen LogP contribution in [0.5, 0.6) is 0 Å². The lowest BCUT2D eigenvalue weighted by molar-refractivity contribution is -0.873. The second kappa shape index (κ2) is 12.9. The summed E-state index contributed by atoms with van der Waals surface area (Å²) >= 11 is 0. The number of likely N-dealkylation sites (N-methyl/N-ethyl adjacent to an activating group) is 1. The van der Waals surface area contributed by atoms with E-state index in [1.807, 2.05) is 27.2 Å². The van der Waals surface area contributed by atoms with E-state index in [-0.39, 0.29) is 31.2 Å². The molecule has 1 amide bonds. The summed E-state index contributed by atoms with van der Waals surface area (Å²) in [4.78, 5) is 48.5. The molecule has 9 heteroatoms. The van der Waals surface area contributed by atoms with Gasteiger partial charge in [-0.15, -0.1) is 0 Å². The van der Waals surface area contributed by atoms with Crippen molar-refractivity contribution in [2.24, 2.45) is 0 Å². The lowest BCUT2D eigenvalue weighted by Gasteiger charge is -2.28. The van der Waals surface area contributed by atoms with Gasteiger partial charge in [0.25, 0.3) is 0 Å². The van der Waals surface area contributed by atoms with E-state index in [0.717, 1.165) is 0 Å². The van der Waals surface area contributed by atoms with Gasteiger partial charge in [-0.3, -0.25) is 19.2 Å². The minimum absolute atomic E-state index is 0. The van der Waals surface area contributed by atoms with E-state index in [4.69, 9.17) is 9.84 Å². The first-order valence-corrected chi connectivity index (χ1v) is 10.7. The van der Waals surface area contributed by atoms with Gasteiger partial charge in [-0.05, 0) is 18.6 Å². The van der Waals surface area contributed by atoms with Crippen LogP contribution >= 0.6 is 0 Å². The van der Waals surface area contributed by atoms with E-state index in [2.05, 4.69) is 5.32 Å². The normalized spacial score (nSPS) is 12.6. The fourth-order valence-electron chi connectivity index (χ4n) is 3.35. The summed E-state index contributed by atoms with van der Waals surface area (Å²) in [6, 6.07) is 15.7. The van der Waals surface area contributed by atoms with Crippen molar-refractivity contribution >= 4 is 23.6 Å². The molecule has 2 aromatic carbocycles. The zero-order chi connectivity index (χ0) is 24.6. The number of quaternary nitrogens is 1. The molecule has 0 aliphatic rings. The average Bonchev–Trinajstić information content (AvgIpc) is 2.75. The van der Waals surface area contributed by atoms with Gasteiger partial charge in [0.15, 0.2) is 11.9 Å². The minimum Gasteiger partial charge on any atom is -1.00 e. The van der Waals surface area contributed by atoms with Crippen LogP contribution in [0.4, 0.5) is 0 Å². The number of amides is 1. The van der Waals surface area contributed by atoms with Gasteiger partial charge < -0.3 is 32.1 Å². The van der Waals surface area contributed by atoms with Crippen LogP contribution in [0.1, 0.15) is 40.7 Å². The summed E-state index contributed by atoms with van der Waals surface area (Å²) < 4.78 is 5.70. The summed E-state index contributed by atoms with van der Waals surface area (Å²) in [5, 5.41) is 11.6. The van der Waals surface area contributed by atoms with Crippen molar-refractivity contribution in [3.05, 3.63) is 71.3 Å². The Labute approximate surface area is 205 Å². The highest BCUT2D eigenvalue weighted by Gasteiger charge is 2.25. The summed E-state index contributed by atoms with van der Waals surface area (Å²) in [6.45, 7) is 1.63. The maximum Gasteiger partial charge on any atom is 0.325 e. The Hall–Kier alpha value is -3.23. The third-order valence-corrected chi connectivity index (χ3v) is 4.94. The fraction of sp³-hybridized carbons (Fsp3) is 0.360. The summed E-state index contributed by atoms with van der Waals surface area (Å²) in [5.74, 6) is -2.93. The van der Waals surface area contributed by atoms with E-state index in [1.165, 1.54) is 0 Å². The van der Waals surface area contributed by atoms with Gasteiger partial charge in [-0.1, -0.05) is 48.5 Å². The smallest absolute Gasteiger partial charge is 0.325 e. The molecule has 0 saturated carbocycles. The number of rotatable bonds is 11. The van der Waals surface area contributed by atoms with E-state index in [0.29, 0.717) is 27.7 Å². The molecule has 0 radical (unpaired) electrons. The molecule has 0 spiro atoms. The number of ketones is 1. The maximum absolute atomic E-state index is 12.7. The Balaban J connectivity index is 0.00000578. The molecule has 0 heterocycles. The molecule has 0 bridgehead atoms. The zero-order valence-electron chi connectivity index (χ0n) is 19.8. The van der Waals surface area contributed by atoms with E-state index >= 15 is 0 Å². The van der Waals surface area contributed by atoms with Crippen LogP contribution in [0, 0.1) is 0 Å². The third-order valence-electron chi connectivity index (χ3n) is 4.94. The minimum atomic E-state index is -1.07. The average molecular weight is 491 g/mol. The van der Waals surface area contributed by atoms with Crippen molar-refractivity contribution in [2.45, 2.75) is 25.4 Å². The number of esters is 1. The molecular formula is C25H31ClN2O6. The molecule has 0 fully saturated rings. The lowest BCUT2D eigenvalue weighted by atomic mass is 9.95. The fourth-order valence-corrected chi connectivity index (χ4v) is 3.35. The number of halogens is 1. The molecule has 2 aromatic rings. The van der Waals surface area contributed by atoms with Gasteiger partial charge in [-0.2, -0.15) is 0 Å². The van der Waals surface area contributed by atoms with Crippen LogP contribution in [0.25, 0.3) is 0 Å². The molecule has 2 rings (SSSR count). The van der Waals surface area contributed by atoms with Crippen LogP contribution in [-0.2, 0) is 19.1 Å². The largest absolute Gasteiger partial charge is 1.00 e. The number of hydrogen-bond donors (Lipinski definition) is 2. The molecule has 1 unspecified atom stereocenters. The van der Waals surface area contributed by atoms with Crippen molar-refractivity contribution in [3.63, 3.8) is 0 Å². The van der Waals surface area contributed by atoms with Gasteiger partial charge in [0.2, 0.25) is 5.91 Å². The molecule has 0 aliphatic heterocycles. The number of nitrogens with one attached hydrogen (secondary N) is 1. The predicted octanol–water partition coefficient (Wildman–Crippen LogP) is -0.766. The Morgan fingerprint density at radius 3 is 2.18 bits per heavy atom. The highest BCUT2D eigenvalue weighted by molar-refractivity contribution is 6.09. The van der Waals surface area contributed by atoms with Crippen LogP contribution in [0.3, 0.4) is 0 Å². The molecule has 8 nitrogen and oxygen atoms in total. The molecule has 2 N–H and O–H groups in total. The predicted molar refractivity (Wildman–Crippen MR) is 123 cm³/mol. The van der Waals surface area contributed by atoms with Gasteiger partial charge in [0, 0.05) is 11.1 Å². The van der Waals surface area contributed by atoms with E-state index < -0.39 is 29.9 Å². The molecule has 0 saturated heterocycles. The van der Waals surface area contributed by atoms with Crippen LogP contribution in [0.2, 0.25) is 0 Å². The SMILES string of the molecule is CC(C(=O)NCC(=O)O[C@H](CC(=O)O)C[N+](C)(C)C)c1cccc(C(=O)c2ccccc2)c1.[Cl-]. The lowest BCUT2D eigenvalue weighted by Crippen LogP contribution is -3.00. The highest BCUT2D eigenvalue weighted by Crippen LogP contribution is 2.19. The molecular weight excluding hydrogens is 460 g/mol. The number of nitrogens with zero attached hydrogens (tertiary/aromatic N) is 1. The molecule has 0 aromatic heterocycles. The quantitative estimate of drug-likeness (QED) is 0.243. The molecule has 34 heavy (non-hydrogen) atoms. The van der Waals surface area contributed by atoms with Crippen LogP contribution < -0.4 is 17.7 Å². The van der Waals surface area contributed by atoms with Crippen molar-refractivity contribution in [2.75, 3.05) is 34.2 Å². The number of carboxylic acids is 1. The first-order chi connectivity index (χ1) is 15.5. The summed E-state index contributed by atoms with van der Waals surface area (Å²) in [6.07, 6.45) is -1.11. The maximum atomic E-state index is 12.7. The monoisotopic (exact) mass is 490 g/mol. The standard InChI is InChI=1S/C25H30N2O6.ClH/c1-17(19-11-8-12-20(13-19)24(31)18-9-6-5-7-10-18)25(32)26-15-23(30)33-21(14-22(28)29)16-27(2,3)4;/h5-13,17,21H,14-16H2,1-4H3,(H-,26,28,29,32);1H/t17?,21-;/m1./s1. The molecule has 0 aliphatic carbocycles. The number of carbonyl (C=O) groups is 4. The first-order valence-electron chi connectivity index (χ1n) is 10.7. The highest BCUT2D eigenvalue weighted by atomic mass is 35.5. The van der Waals surface area contributed by atoms with Gasteiger partial charge in [-0.25, -0.2) is 0 Å². The van der Waals surface area contributed by atoms with Gasteiger partial charge >= 0.3 is 11.9 Å². The Bertz CT molecular complexity index is 1000. The van der Waals surface area contributed by atoms with E-state index in [9.17, 15) is 19.2 Å². The number of benzene rings is 2. The van der Waals surface area contributed by atoms with Crippen molar-refractivity contribution in [1.82, 2.24) is 5.32 Å². The van der Waals surface area contributed by atoms with E-state index in [1.54, 1.807) is 55.5 Å². The number of aliphatic carboxylic acids is 1. The molecule has 2 atom stereocenters. The Morgan fingerprint density at radius 1 is 0.971 bits per heavy atom. The van der Waals surface area contributed by atoms with Crippen LogP contribution in [0.15, 0.2) is 54.6 Å². The summed E-state index contributed by atoms with van der Waals surface area (Å²) in [7, 11) is 5.59. The van der Waals surface area contributed by atoms with Crippen molar-refractivity contribution in [3.8, 4) is 0 Å². The number of hydrogen-bond acceptors (Lipinski definition) is 5. The van der Waals surface area contributed by atoms with Gasteiger partial charge in [0.05, 0.1) is 33.5 Å². The third kappa shape index (κ3) is 9.33. The Kier molecular flexibility index (Phi) is 10.9. The number of carbonyl (C=O) groups excluding carboxylic acids is 3. The molecule has 184 valence electrons. The topological polar surface area (TPSA) is 110 Å². The first kappa shape index (κ1) is 28.8. The Morgan fingerprint density at radius 2 is 1.59 bits per heavy atom. The zero-order valence-corrected chi connectivity index (χ0v) is 20.5. The second-order valence-electron chi connectivity index (χ2n) is 8.94. The van der Waals surface area contributed by atoms with Gasteiger partial charge in [0.1, 0.15) is 13.1 Å². The van der Waals surface area contributed by atoms with Crippen molar-refractivity contribution < 1.29 is 45.9 Å². The summed E-state index contributed by atoms with van der Waals surface area (Å²) in [5.41, 5.74) is 1.66. The number of carboxylic acid groups (broad SMARTS) is 1. The van der Waals surface area contributed by atoms with Crippen molar-refractivity contribution in [1.29, 1.82) is 0 Å². The second-order valence-corrected chi connectivity index (χ2v) is 8.94. The van der Waals surface area contributed by atoms with Crippen LogP contribution in [-0.4, -0.2) is 73.6 Å².